The van der Waals surface area contributed by atoms with E-state index in [4.69, 9.17) is 4.74 Å². The van der Waals surface area contributed by atoms with Crippen molar-refractivity contribution in [3.63, 3.8) is 0 Å². The summed E-state index contributed by atoms with van der Waals surface area (Å²) in [5.74, 6) is 0.800. The van der Waals surface area contributed by atoms with Gasteiger partial charge in [0.25, 0.3) is 0 Å². The average Bonchev–Trinajstić information content (AvgIpc) is 2.71. The molecule has 2 rings (SSSR count). The third kappa shape index (κ3) is 8.01. The van der Waals surface area contributed by atoms with Crippen molar-refractivity contribution in [3.8, 4) is 5.75 Å². The van der Waals surface area contributed by atoms with E-state index >= 15 is 0 Å². The lowest BCUT2D eigenvalue weighted by atomic mass is 9.99. The fraction of sp³-hybridized carbons (Fsp3) is 0.440. The summed E-state index contributed by atoms with van der Waals surface area (Å²) in [6, 6.07) is 13.7. The highest BCUT2D eigenvalue weighted by Gasteiger charge is 2.10. The number of hydrogen-bond acceptors (Lipinski definition) is 4. The van der Waals surface area contributed by atoms with Crippen LogP contribution in [0, 0.1) is 0 Å². The highest BCUT2D eigenvalue weighted by atomic mass is 16.5. The van der Waals surface area contributed by atoms with E-state index < -0.39 is 5.60 Å². The summed E-state index contributed by atoms with van der Waals surface area (Å²) in [7, 11) is 0. The fourth-order valence-corrected chi connectivity index (χ4v) is 3.21. The number of allylic oxidation sites excluding steroid dienone is 2. The number of aliphatic hydroxyl groups excluding tert-OH is 2. The van der Waals surface area contributed by atoms with Gasteiger partial charge in [-0.2, -0.15) is 0 Å². The summed E-state index contributed by atoms with van der Waals surface area (Å²) >= 11 is 0. The molecule has 4 nitrogen and oxygen atoms in total. The predicted octanol–water partition coefficient (Wildman–Crippen LogP) is 4.98. The summed E-state index contributed by atoms with van der Waals surface area (Å²) in [6.45, 7) is 6.04. The number of aliphatic hydroxyl groups is 3. The first-order chi connectivity index (χ1) is 13.8. The van der Waals surface area contributed by atoms with Crippen LogP contribution in [0.15, 0.2) is 48.5 Å². The average molecular weight is 399 g/mol. The molecule has 0 heterocycles. The monoisotopic (exact) mass is 398 g/mol. The van der Waals surface area contributed by atoms with Crippen LogP contribution < -0.4 is 4.74 Å². The second-order valence-corrected chi connectivity index (χ2v) is 8.18. The maximum absolute atomic E-state index is 9.77. The van der Waals surface area contributed by atoms with Gasteiger partial charge in [-0.25, -0.2) is 0 Å². The zero-order valence-corrected chi connectivity index (χ0v) is 17.8. The summed E-state index contributed by atoms with van der Waals surface area (Å²) < 4.78 is 5.94. The molecule has 0 saturated heterocycles. The van der Waals surface area contributed by atoms with Crippen LogP contribution in [0.25, 0.3) is 5.57 Å². The molecule has 3 N–H and O–H groups in total. The van der Waals surface area contributed by atoms with E-state index in [1.807, 2.05) is 50.2 Å². The van der Waals surface area contributed by atoms with Gasteiger partial charge >= 0.3 is 0 Å². The highest BCUT2D eigenvalue weighted by molar-refractivity contribution is 5.64. The lowest BCUT2D eigenvalue weighted by molar-refractivity contribution is 0.0683. The standard InChI is InChI=1S/C25H34O4/c1-19(8-5-4-6-13-25(2,3)28)21-9-7-10-24(15-21)29-18-20-11-12-22(16-26)23(14-20)17-27/h7-12,14-15,26-28H,4-6,13,16-18H2,1-3H3/b19-8-. The van der Waals surface area contributed by atoms with Crippen molar-refractivity contribution in [2.75, 3.05) is 0 Å². The molecule has 29 heavy (non-hydrogen) atoms. The van der Waals surface area contributed by atoms with Gasteiger partial charge < -0.3 is 20.1 Å². The zero-order valence-electron chi connectivity index (χ0n) is 17.8. The molecule has 0 aliphatic heterocycles. The van der Waals surface area contributed by atoms with Crippen LogP contribution in [0.2, 0.25) is 0 Å². The third-order valence-electron chi connectivity index (χ3n) is 5.00. The molecule has 4 heteroatoms. The minimum atomic E-state index is -0.583. The summed E-state index contributed by atoms with van der Waals surface area (Å²) in [4.78, 5) is 0. The molecule has 158 valence electrons. The smallest absolute Gasteiger partial charge is 0.120 e. The van der Waals surface area contributed by atoms with Gasteiger partial charge in [0.05, 0.1) is 18.8 Å². The van der Waals surface area contributed by atoms with Gasteiger partial charge in [-0.05, 0) is 86.1 Å². The first kappa shape index (κ1) is 23.1. The largest absolute Gasteiger partial charge is 0.489 e. The summed E-state index contributed by atoms with van der Waals surface area (Å²) in [6.07, 6.45) is 6.13. The van der Waals surface area contributed by atoms with Gasteiger partial charge in [-0.3, -0.25) is 0 Å². The Morgan fingerprint density at radius 1 is 1.00 bits per heavy atom. The Balaban J connectivity index is 1.92. The van der Waals surface area contributed by atoms with Crippen molar-refractivity contribution in [2.24, 2.45) is 0 Å². The Labute approximate surface area is 174 Å². The Bertz CT molecular complexity index is 803. The van der Waals surface area contributed by atoms with Gasteiger partial charge in [0.15, 0.2) is 0 Å². The van der Waals surface area contributed by atoms with Crippen LogP contribution in [-0.4, -0.2) is 20.9 Å². The lowest BCUT2D eigenvalue weighted by Crippen LogP contribution is -2.17. The molecule has 2 aromatic carbocycles. The van der Waals surface area contributed by atoms with E-state index in [1.165, 1.54) is 5.57 Å². The molecule has 0 unspecified atom stereocenters. The van der Waals surface area contributed by atoms with E-state index in [0.29, 0.717) is 6.61 Å². The number of unbranched alkanes of at least 4 members (excludes halogenated alkanes) is 2. The van der Waals surface area contributed by atoms with Crippen LogP contribution >= 0.6 is 0 Å². The molecule has 0 bridgehead atoms. The minimum absolute atomic E-state index is 0.0809. The molecular weight excluding hydrogens is 364 g/mol. The first-order valence-electron chi connectivity index (χ1n) is 10.3. The molecule has 0 radical (unpaired) electrons. The van der Waals surface area contributed by atoms with Crippen molar-refractivity contribution in [2.45, 2.75) is 71.9 Å². The normalized spacial score (nSPS) is 12.3. The second kappa shape index (κ2) is 11.1. The van der Waals surface area contributed by atoms with Crippen molar-refractivity contribution in [3.05, 3.63) is 70.8 Å². The molecule has 0 saturated carbocycles. The lowest BCUT2D eigenvalue weighted by Gasteiger charge is -2.16. The maximum atomic E-state index is 9.77. The maximum Gasteiger partial charge on any atom is 0.120 e. The Hall–Kier alpha value is -2.14. The van der Waals surface area contributed by atoms with Crippen LogP contribution in [0.5, 0.6) is 5.75 Å². The molecule has 0 atom stereocenters. The van der Waals surface area contributed by atoms with Gasteiger partial charge in [-0.15, -0.1) is 0 Å². The SMILES string of the molecule is C/C(=C/CCCCC(C)(C)O)c1cccc(OCc2ccc(CO)c(CO)c2)c1. The third-order valence-corrected chi connectivity index (χ3v) is 5.00. The minimum Gasteiger partial charge on any atom is -0.489 e. The van der Waals surface area contributed by atoms with Gasteiger partial charge in [-0.1, -0.05) is 36.8 Å². The molecule has 0 aliphatic rings. The van der Waals surface area contributed by atoms with Crippen molar-refractivity contribution >= 4 is 5.57 Å². The zero-order chi connectivity index (χ0) is 21.3. The van der Waals surface area contributed by atoms with E-state index in [1.54, 1.807) is 0 Å². The molecular formula is C25H34O4. The first-order valence-corrected chi connectivity index (χ1v) is 10.3. The van der Waals surface area contributed by atoms with Crippen molar-refractivity contribution in [1.82, 2.24) is 0 Å². The topological polar surface area (TPSA) is 69.9 Å². The number of hydrogen-bond donors (Lipinski definition) is 3. The molecule has 0 aromatic heterocycles. The van der Waals surface area contributed by atoms with Gasteiger partial charge in [0.1, 0.15) is 12.4 Å². The molecule has 0 amide bonds. The number of ether oxygens (including phenoxy) is 1. The van der Waals surface area contributed by atoms with Crippen LogP contribution in [0.3, 0.4) is 0 Å². The van der Waals surface area contributed by atoms with E-state index in [0.717, 1.165) is 53.7 Å². The Morgan fingerprint density at radius 2 is 1.76 bits per heavy atom. The quantitative estimate of drug-likeness (QED) is 0.467. The fourth-order valence-electron chi connectivity index (χ4n) is 3.21. The van der Waals surface area contributed by atoms with Gasteiger partial charge in [0.2, 0.25) is 0 Å². The summed E-state index contributed by atoms with van der Waals surface area (Å²) in [5, 5.41) is 28.5. The predicted molar refractivity (Wildman–Crippen MR) is 117 cm³/mol. The Morgan fingerprint density at radius 3 is 2.45 bits per heavy atom. The highest BCUT2D eigenvalue weighted by Crippen LogP contribution is 2.23. The van der Waals surface area contributed by atoms with Crippen LogP contribution in [0.4, 0.5) is 0 Å². The van der Waals surface area contributed by atoms with Crippen molar-refractivity contribution < 1.29 is 20.1 Å². The Kier molecular flexibility index (Phi) is 8.90. The van der Waals surface area contributed by atoms with Crippen LogP contribution in [-0.2, 0) is 19.8 Å². The van der Waals surface area contributed by atoms with E-state index in [-0.39, 0.29) is 13.2 Å². The summed E-state index contributed by atoms with van der Waals surface area (Å²) in [5.41, 5.74) is 4.19. The van der Waals surface area contributed by atoms with Crippen LogP contribution in [0.1, 0.15) is 68.7 Å². The van der Waals surface area contributed by atoms with E-state index in [2.05, 4.69) is 19.1 Å². The molecule has 0 fully saturated rings. The van der Waals surface area contributed by atoms with Crippen molar-refractivity contribution in [1.29, 1.82) is 0 Å². The van der Waals surface area contributed by atoms with E-state index in [9.17, 15) is 15.3 Å². The molecule has 0 aliphatic carbocycles. The molecule has 2 aromatic rings. The van der Waals surface area contributed by atoms with Gasteiger partial charge in [0, 0.05) is 0 Å². The number of benzene rings is 2. The molecule has 0 spiro atoms. The number of rotatable bonds is 11. The second-order valence-electron chi connectivity index (χ2n) is 8.18.